The molecule has 0 saturated heterocycles. The molecule has 32 heavy (non-hydrogen) atoms. The quantitative estimate of drug-likeness (QED) is 0.287. The van der Waals surface area contributed by atoms with Crippen molar-refractivity contribution in [2.24, 2.45) is 28.6 Å². The molecule has 9 nitrogen and oxygen atoms in total. The van der Waals surface area contributed by atoms with Crippen molar-refractivity contribution >= 4 is 17.5 Å². The standard InChI is InChI=1S/C23H30O9/c1-21-9-15(26)18-13(14(21)5-6-23(21,31)16(27)10-24)4-3-11-7-12(25)8-17(22(11,18)2)32-20(30)19(28)29/h7-8,13-15,18-19,24,26,28-29,31H,3-6,9-10H2,1-2H3/t13-,14-,15-,18+,21-,22+,23-/m0/s1. The summed E-state index contributed by atoms with van der Waals surface area (Å²) < 4.78 is 5.24. The molecule has 3 fully saturated rings. The van der Waals surface area contributed by atoms with Crippen LogP contribution in [0.5, 0.6) is 0 Å². The molecule has 0 unspecified atom stereocenters. The van der Waals surface area contributed by atoms with E-state index in [0.29, 0.717) is 24.8 Å². The van der Waals surface area contributed by atoms with Crippen LogP contribution >= 0.6 is 0 Å². The number of aliphatic hydroxyl groups is 5. The Morgan fingerprint density at radius 3 is 2.53 bits per heavy atom. The van der Waals surface area contributed by atoms with Crippen LogP contribution in [0.2, 0.25) is 0 Å². The van der Waals surface area contributed by atoms with E-state index in [9.17, 15) is 39.9 Å². The maximum Gasteiger partial charge on any atom is 0.368 e. The third-order valence-corrected chi connectivity index (χ3v) is 8.81. The molecule has 7 atom stereocenters. The van der Waals surface area contributed by atoms with E-state index in [4.69, 9.17) is 4.74 Å². The number of rotatable bonds is 4. The Kier molecular flexibility index (Phi) is 5.50. The van der Waals surface area contributed by atoms with E-state index in [1.54, 1.807) is 13.8 Å². The van der Waals surface area contributed by atoms with E-state index in [1.807, 2.05) is 0 Å². The second kappa shape index (κ2) is 7.56. The molecule has 0 heterocycles. The van der Waals surface area contributed by atoms with Crippen molar-refractivity contribution in [1.29, 1.82) is 0 Å². The minimum atomic E-state index is -2.36. The normalized spacial score (nSPS) is 43.1. The summed E-state index contributed by atoms with van der Waals surface area (Å²) in [5.74, 6) is -3.14. The highest BCUT2D eigenvalue weighted by Crippen LogP contribution is 2.68. The van der Waals surface area contributed by atoms with Gasteiger partial charge < -0.3 is 30.3 Å². The zero-order chi connectivity index (χ0) is 23.6. The van der Waals surface area contributed by atoms with Crippen LogP contribution in [0.15, 0.2) is 23.5 Å². The van der Waals surface area contributed by atoms with Gasteiger partial charge in [-0.25, -0.2) is 4.79 Å². The lowest BCUT2D eigenvalue weighted by Crippen LogP contribution is -2.62. The summed E-state index contributed by atoms with van der Waals surface area (Å²) in [5.41, 5.74) is -3.01. The van der Waals surface area contributed by atoms with Gasteiger partial charge in [0.2, 0.25) is 0 Å². The van der Waals surface area contributed by atoms with Gasteiger partial charge in [-0.1, -0.05) is 12.5 Å². The fraction of sp³-hybridized carbons (Fsp3) is 0.696. The molecule has 0 aromatic heterocycles. The van der Waals surface area contributed by atoms with Gasteiger partial charge in [0, 0.05) is 17.4 Å². The minimum Gasteiger partial charge on any atom is -0.426 e. The first-order valence-electron chi connectivity index (χ1n) is 11.0. The molecular weight excluding hydrogens is 420 g/mol. The first kappa shape index (κ1) is 23.3. The number of allylic oxidation sites excluding steroid dienone is 3. The lowest BCUT2D eigenvalue weighted by Gasteiger charge is -2.60. The predicted molar refractivity (Wildman–Crippen MR) is 108 cm³/mol. The Morgan fingerprint density at radius 1 is 1.22 bits per heavy atom. The second-order valence-corrected chi connectivity index (χ2v) is 10.1. The molecule has 3 saturated carbocycles. The number of carbonyl (C=O) groups is 3. The van der Waals surface area contributed by atoms with Crippen molar-refractivity contribution in [3.63, 3.8) is 0 Å². The van der Waals surface area contributed by atoms with Crippen LogP contribution in [0, 0.1) is 28.6 Å². The Labute approximate surface area is 185 Å². The first-order valence-corrected chi connectivity index (χ1v) is 11.0. The average Bonchev–Trinajstić information content (AvgIpc) is 2.99. The summed E-state index contributed by atoms with van der Waals surface area (Å²) in [6, 6.07) is 0. The van der Waals surface area contributed by atoms with E-state index in [2.05, 4.69) is 0 Å². The maximum absolute atomic E-state index is 12.5. The summed E-state index contributed by atoms with van der Waals surface area (Å²) in [6.07, 6.45) is 1.19. The minimum absolute atomic E-state index is 0.0323. The van der Waals surface area contributed by atoms with Gasteiger partial charge >= 0.3 is 5.97 Å². The van der Waals surface area contributed by atoms with E-state index in [0.717, 1.165) is 6.08 Å². The molecule has 0 aliphatic heterocycles. The number of fused-ring (bicyclic) bond motifs is 5. The van der Waals surface area contributed by atoms with E-state index in [-0.39, 0.29) is 36.2 Å². The van der Waals surface area contributed by atoms with Crippen LogP contribution in [0.25, 0.3) is 0 Å². The summed E-state index contributed by atoms with van der Waals surface area (Å²) in [7, 11) is 0. The van der Waals surface area contributed by atoms with Gasteiger partial charge in [-0.3, -0.25) is 9.59 Å². The molecule has 4 aliphatic carbocycles. The second-order valence-electron chi connectivity index (χ2n) is 10.1. The number of ether oxygens (including phenoxy) is 1. The van der Waals surface area contributed by atoms with Gasteiger partial charge in [0.15, 0.2) is 11.6 Å². The van der Waals surface area contributed by atoms with Gasteiger partial charge in [0.25, 0.3) is 6.29 Å². The molecule has 0 spiro atoms. The molecule has 0 aromatic carbocycles. The van der Waals surface area contributed by atoms with Gasteiger partial charge in [0.05, 0.1) is 11.5 Å². The summed E-state index contributed by atoms with van der Waals surface area (Å²) >= 11 is 0. The van der Waals surface area contributed by atoms with Crippen molar-refractivity contribution in [1.82, 2.24) is 0 Å². The van der Waals surface area contributed by atoms with Gasteiger partial charge in [-0.2, -0.15) is 0 Å². The number of Topliss-reactive ketones (excluding diaryl/α,β-unsaturated/α-hetero) is 1. The SMILES string of the molecule is C[C@@]12C(=CC(=O)C=C1OC(=O)C(O)O)CC[C@@H]1[C@@H]2[C@@H](O)C[C@@]2(C)[C@H]1CC[C@]2(O)C(=O)CO. The lowest BCUT2D eigenvalue weighted by atomic mass is 9.45. The predicted octanol–water partition coefficient (Wildman–Crippen LogP) is -0.261. The highest BCUT2D eigenvalue weighted by molar-refractivity contribution is 6.02. The van der Waals surface area contributed by atoms with Crippen LogP contribution in [0.1, 0.15) is 46.0 Å². The fourth-order valence-corrected chi connectivity index (χ4v) is 7.29. The number of ketones is 2. The summed E-state index contributed by atoms with van der Waals surface area (Å²) in [5, 5.41) is 50.5. The number of hydrogen-bond donors (Lipinski definition) is 5. The molecule has 0 aromatic rings. The molecule has 4 rings (SSSR count). The van der Waals surface area contributed by atoms with Gasteiger partial charge in [-0.15, -0.1) is 0 Å². The van der Waals surface area contributed by atoms with Crippen molar-refractivity contribution < 1.29 is 44.7 Å². The highest BCUT2D eigenvalue weighted by Gasteiger charge is 2.69. The third kappa shape index (κ3) is 2.99. The smallest absolute Gasteiger partial charge is 0.368 e. The summed E-state index contributed by atoms with van der Waals surface area (Å²) in [4.78, 5) is 36.7. The molecule has 4 aliphatic rings. The molecule has 176 valence electrons. The molecule has 0 amide bonds. The first-order chi connectivity index (χ1) is 14.9. The maximum atomic E-state index is 12.5. The molecular formula is C23H30O9. The van der Waals surface area contributed by atoms with Crippen LogP contribution in [0.3, 0.4) is 0 Å². The van der Waals surface area contributed by atoms with Crippen molar-refractivity contribution in [2.45, 2.75) is 63.9 Å². The van der Waals surface area contributed by atoms with Crippen molar-refractivity contribution in [3.05, 3.63) is 23.5 Å². The molecule has 0 bridgehead atoms. The van der Waals surface area contributed by atoms with E-state index < -0.39 is 53.1 Å². The Balaban J connectivity index is 1.76. The van der Waals surface area contributed by atoms with Crippen LogP contribution in [0.4, 0.5) is 0 Å². The number of aliphatic hydroxyl groups excluding tert-OH is 3. The van der Waals surface area contributed by atoms with Crippen molar-refractivity contribution in [3.8, 4) is 0 Å². The third-order valence-electron chi connectivity index (χ3n) is 8.81. The van der Waals surface area contributed by atoms with Gasteiger partial charge in [-0.05, 0) is 56.9 Å². The van der Waals surface area contributed by atoms with Gasteiger partial charge in [0.1, 0.15) is 18.0 Å². The Bertz CT molecular complexity index is 920. The van der Waals surface area contributed by atoms with E-state index in [1.165, 1.54) is 6.08 Å². The van der Waals surface area contributed by atoms with E-state index >= 15 is 0 Å². The topological polar surface area (TPSA) is 162 Å². The highest BCUT2D eigenvalue weighted by atomic mass is 16.6. The van der Waals surface area contributed by atoms with Crippen LogP contribution < -0.4 is 0 Å². The molecule has 0 radical (unpaired) electrons. The van der Waals surface area contributed by atoms with Crippen LogP contribution in [-0.2, 0) is 19.1 Å². The molecule has 5 N–H and O–H groups in total. The largest absolute Gasteiger partial charge is 0.426 e. The monoisotopic (exact) mass is 450 g/mol. The lowest BCUT2D eigenvalue weighted by molar-refractivity contribution is -0.185. The number of hydrogen-bond acceptors (Lipinski definition) is 9. The Morgan fingerprint density at radius 2 is 1.91 bits per heavy atom. The summed E-state index contributed by atoms with van der Waals surface area (Å²) in [6.45, 7) is 2.79. The van der Waals surface area contributed by atoms with Crippen molar-refractivity contribution in [2.75, 3.05) is 6.61 Å². The zero-order valence-corrected chi connectivity index (χ0v) is 18.2. The van der Waals surface area contributed by atoms with Crippen LogP contribution in [-0.4, -0.2) is 67.7 Å². The molecule has 9 heteroatoms. The fourth-order valence-electron chi connectivity index (χ4n) is 7.29. The number of esters is 1. The Hall–Kier alpha value is -1.91. The number of carbonyl (C=O) groups excluding carboxylic acids is 3. The average molecular weight is 450 g/mol. The zero-order valence-electron chi connectivity index (χ0n) is 18.2.